The number of halogens is 3. The molecule has 1 aromatic carbocycles. The standard InChI is InChI=1S/C23H39N3O2.C5H12O.C2HF3O.C2H4.CH2O/c1-23(2)15-20(17-26(23)18-28)9-10-22(24-3)21(12-14-27)11-13-25-16-19-7-5-4-6-8-19;1-5(2,3)6-4;3-2(4,5)1-6;2*1-2/h4-8,18,20-22,24-25,27H,9-17H2,1-3H3;1-4H3;1H;1-2H2;1H2. The predicted molar refractivity (Wildman–Crippen MR) is 172 cm³/mol. The molecule has 1 saturated heterocycles. The van der Waals surface area contributed by atoms with Crippen molar-refractivity contribution in [3.05, 3.63) is 49.1 Å². The first-order valence-corrected chi connectivity index (χ1v) is 14.7. The number of aliphatic hydroxyl groups excluding tert-OH is 1. The highest BCUT2D eigenvalue weighted by Gasteiger charge is 2.37. The van der Waals surface area contributed by atoms with Gasteiger partial charge < -0.3 is 30.2 Å². The average molecular weight is 634 g/mol. The second-order valence-corrected chi connectivity index (χ2v) is 11.8. The van der Waals surface area contributed by atoms with Gasteiger partial charge >= 0.3 is 6.18 Å². The molecule has 2 rings (SSSR count). The number of nitrogens with one attached hydrogen (secondary N) is 2. The van der Waals surface area contributed by atoms with Crippen LogP contribution < -0.4 is 10.6 Å². The summed E-state index contributed by atoms with van der Waals surface area (Å²) in [6.45, 7) is 21.3. The van der Waals surface area contributed by atoms with Crippen molar-refractivity contribution >= 4 is 19.5 Å². The maximum Gasteiger partial charge on any atom is 0.446 e. The quantitative estimate of drug-likeness (QED) is 0.148. The summed E-state index contributed by atoms with van der Waals surface area (Å²) >= 11 is 0. The summed E-state index contributed by atoms with van der Waals surface area (Å²) in [4.78, 5) is 29.9. The first-order valence-electron chi connectivity index (χ1n) is 14.7. The minimum absolute atomic E-state index is 0.0204. The molecule has 1 fully saturated rings. The van der Waals surface area contributed by atoms with Gasteiger partial charge in [-0.25, -0.2) is 0 Å². The van der Waals surface area contributed by atoms with E-state index in [0.717, 1.165) is 58.1 Å². The number of alkyl halides is 3. The Morgan fingerprint density at radius 2 is 1.61 bits per heavy atom. The van der Waals surface area contributed by atoms with Crippen molar-refractivity contribution in [2.75, 3.05) is 33.9 Å². The Kier molecular flexibility index (Phi) is 26.8. The van der Waals surface area contributed by atoms with Gasteiger partial charge in [0.1, 0.15) is 6.79 Å². The molecule has 0 bridgehead atoms. The molecule has 1 heterocycles. The minimum atomic E-state index is -4.64. The minimum Gasteiger partial charge on any atom is -0.396 e. The van der Waals surface area contributed by atoms with Gasteiger partial charge in [-0.05, 0) is 97.7 Å². The van der Waals surface area contributed by atoms with Gasteiger partial charge in [-0.2, -0.15) is 13.2 Å². The lowest BCUT2D eigenvalue weighted by atomic mass is 9.86. The maximum absolute atomic E-state index is 11.3. The van der Waals surface area contributed by atoms with Gasteiger partial charge in [0.15, 0.2) is 0 Å². The van der Waals surface area contributed by atoms with Crippen LogP contribution >= 0.6 is 0 Å². The van der Waals surface area contributed by atoms with E-state index in [1.54, 1.807) is 7.11 Å². The largest absolute Gasteiger partial charge is 0.446 e. The Bertz CT molecular complexity index is 834. The number of carbonyl (C=O) groups is 3. The molecule has 256 valence electrons. The monoisotopic (exact) mass is 633 g/mol. The van der Waals surface area contributed by atoms with E-state index in [0.29, 0.717) is 17.9 Å². The third-order valence-corrected chi connectivity index (χ3v) is 7.08. The molecule has 1 aromatic rings. The van der Waals surface area contributed by atoms with Gasteiger partial charge in [0.05, 0.1) is 5.60 Å². The smallest absolute Gasteiger partial charge is 0.396 e. The number of ether oxygens (including phenoxy) is 1. The fraction of sp³-hybridized carbons (Fsp3) is 0.667. The molecular formula is C33H58F3N3O5. The Morgan fingerprint density at radius 3 is 2.00 bits per heavy atom. The predicted octanol–water partition coefficient (Wildman–Crippen LogP) is 5.59. The lowest BCUT2D eigenvalue weighted by Crippen LogP contribution is -2.36. The van der Waals surface area contributed by atoms with E-state index >= 15 is 0 Å². The summed E-state index contributed by atoms with van der Waals surface area (Å²) in [6, 6.07) is 10.9. The van der Waals surface area contributed by atoms with E-state index in [-0.39, 0.29) is 17.7 Å². The normalized spacial score (nSPS) is 16.6. The fourth-order valence-electron chi connectivity index (χ4n) is 4.65. The van der Waals surface area contributed by atoms with Gasteiger partial charge in [0, 0.05) is 38.4 Å². The van der Waals surface area contributed by atoms with Crippen molar-refractivity contribution in [2.45, 2.75) is 96.6 Å². The number of methoxy groups -OCH3 is 1. The molecule has 0 aromatic heterocycles. The Hall–Kier alpha value is -2.60. The zero-order valence-corrected chi connectivity index (χ0v) is 27.9. The van der Waals surface area contributed by atoms with Crippen LogP contribution in [-0.4, -0.2) is 86.7 Å². The van der Waals surface area contributed by atoms with E-state index < -0.39 is 12.5 Å². The summed E-state index contributed by atoms with van der Waals surface area (Å²) < 4.78 is 36.2. The highest BCUT2D eigenvalue weighted by atomic mass is 19.4. The highest BCUT2D eigenvalue weighted by molar-refractivity contribution is 5.56. The number of carbonyl (C=O) groups excluding carboxylic acids is 3. The van der Waals surface area contributed by atoms with Gasteiger partial charge in [-0.1, -0.05) is 30.3 Å². The number of hydrogen-bond donors (Lipinski definition) is 3. The number of benzene rings is 1. The zero-order valence-electron chi connectivity index (χ0n) is 27.9. The molecule has 0 radical (unpaired) electrons. The van der Waals surface area contributed by atoms with Gasteiger partial charge in [0.2, 0.25) is 12.7 Å². The number of rotatable bonds is 13. The second-order valence-electron chi connectivity index (χ2n) is 11.8. The van der Waals surface area contributed by atoms with Crippen LogP contribution in [-0.2, 0) is 25.7 Å². The Labute approximate surface area is 263 Å². The summed E-state index contributed by atoms with van der Waals surface area (Å²) in [5, 5.41) is 16.6. The number of likely N-dealkylation sites (tertiary alicyclic amines) is 1. The Balaban J connectivity index is -0.000000871. The second kappa shape index (κ2) is 25.7. The molecule has 1 amide bonds. The maximum atomic E-state index is 11.3. The fourth-order valence-corrected chi connectivity index (χ4v) is 4.65. The Morgan fingerprint density at radius 1 is 1.09 bits per heavy atom. The van der Waals surface area contributed by atoms with Crippen molar-refractivity contribution in [2.24, 2.45) is 11.8 Å². The summed E-state index contributed by atoms with van der Waals surface area (Å²) in [5.41, 5.74) is 1.32. The molecule has 0 saturated carbocycles. The number of nitrogens with zero attached hydrogens (tertiary/aromatic N) is 1. The number of amides is 1. The summed E-state index contributed by atoms with van der Waals surface area (Å²) in [7, 11) is 3.74. The van der Waals surface area contributed by atoms with Crippen LogP contribution in [0.15, 0.2) is 43.5 Å². The topological polar surface area (TPSA) is 108 Å². The lowest BCUT2D eigenvalue weighted by molar-refractivity contribution is -0.156. The van der Waals surface area contributed by atoms with Crippen LogP contribution in [0.25, 0.3) is 0 Å². The van der Waals surface area contributed by atoms with Crippen LogP contribution in [0.4, 0.5) is 13.2 Å². The number of aldehydes is 1. The van der Waals surface area contributed by atoms with E-state index in [1.165, 1.54) is 5.56 Å². The van der Waals surface area contributed by atoms with Crippen molar-refractivity contribution < 1.29 is 37.4 Å². The van der Waals surface area contributed by atoms with E-state index in [9.17, 15) is 23.1 Å². The summed E-state index contributed by atoms with van der Waals surface area (Å²) in [6.07, 6.45) is 0.470. The van der Waals surface area contributed by atoms with Gasteiger partial charge in [-0.3, -0.25) is 9.59 Å². The van der Waals surface area contributed by atoms with Crippen molar-refractivity contribution in [1.29, 1.82) is 0 Å². The van der Waals surface area contributed by atoms with Crippen LogP contribution in [0.5, 0.6) is 0 Å². The molecule has 44 heavy (non-hydrogen) atoms. The molecule has 3 N–H and O–H groups in total. The summed E-state index contributed by atoms with van der Waals surface area (Å²) in [5.74, 6) is 1.02. The van der Waals surface area contributed by atoms with E-state index in [4.69, 9.17) is 14.3 Å². The van der Waals surface area contributed by atoms with Gasteiger partial charge in [0.25, 0.3) is 0 Å². The SMILES string of the molecule is C=C.C=O.CNC(CCC1CN(C=O)C(C)(C)C1)C(CCO)CCNCc1ccccc1.COC(C)(C)C.O=CC(F)(F)F. The van der Waals surface area contributed by atoms with Crippen LogP contribution in [0.1, 0.15) is 72.3 Å². The molecule has 3 atom stereocenters. The third kappa shape index (κ3) is 23.8. The molecule has 8 nitrogen and oxygen atoms in total. The van der Waals surface area contributed by atoms with Crippen LogP contribution in [0.2, 0.25) is 0 Å². The van der Waals surface area contributed by atoms with E-state index in [1.807, 2.05) is 45.6 Å². The van der Waals surface area contributed by atoms with Crippen molar-refractivity contribution in [3.63, 3.8) is 0 Å². The van der Waals surface area contributed by atoms with Crippen LogP contribution in [0, 0.1) is 11.8 Å². The lowest BCUT2D eigenvalue weighted by Gasteiger charge is -2.28. The molecular weight excluding hydrogens is 575 g/mol. The van der Waals surface area contributed by atoms with Crippen molar-refractivity contribution in [3.8, 4) is 0 Å². The zero-order chi connectivity index (χ0) is 34.8. The average Bonchev–Trinajstić information content (AvgIpc) is 3.30. The highest BCUT2D eigenvalue weighted by Crippen LogP contribution is 2.34. The van der Waals surface area contributed by atoms with Crippen LogP contribution in [0.3, 0.4) is 0 Å². The first kappa shape index (κ1) is 45.8. The molecule has 11 heteroatoms. The number of aliphatic hydroxyl groups is 1. The van der Waals surface area contributed by atoms with Crippen molar-refractivity contribution in [1.82, 2.24) is 15.5 Å². The number of hydrogen-bond acceptors (Lipinski definition) is 7. The third-order valence-electron chi connectivity index (χ3n) is 7.08. The molecule has 1 aliphatic heterocycles. The molecule has 3 unspecified atom stereocenters. The molecule has 1 aliphatic rings. The van der Waals surface area contributed by atoms with Gasteiger partial charge in [-0.15, -0.1) is 13.2 Å². The van der Waals surface area contributed by atoms with E-state index in [2.05, 4.69) is 61.9 Å². The molecule has 0 aliphatic carbocycles. The molecule has 0 spiro atoms. The first-order chi connectivity index (χ1) is 20.6.